The first kappa shape index (κ1) is 13.0. The van der Waals surface area contributed by atoms with Gasteiger partial charge >= 0.3 is 6.18 Å². The molecule has 0 spiro atoms. The molecule has 1 aliphatic rings. The van der Waals surface area contributed by atoms with Crippen LogP contribution in [-0.4, -0.2) is 17.9 Å². The van der Waals surface area contributed by atoms with Crippen LogP contribution in [0.3, 0.4) is 0 Å². The second-order valence-corrected chi connectivity index (χ2v) is 4.24. The van der Waals surface area contributed by atoms with Gasteiger partial charge < -0.3 is 4.74 Å². The van der Waals surface area contributed by atoms with E-state index in [0.29, 0.717) is 18.4 Å². The van der Waals surface area contributed by atoms with Crippen molar-refractivity contribution in [3.63, 3.8) is 0 Å². The van der Waals surface area contributed by atoms with E-state index in [4.69, 9.17) is 4.74 Å². The van der Waals surface area contributed by atoms with Crippen molar-refractivity contribution >= 4 is 0 Å². The molecule has 0 aliphatic carbocycles. The molecule has 0 amide bonds. The lowest BCUT2D eigenvalue weighted by molar-refractivity contribution is -0.167. The molecule has 2 atom stereocenters. The van der Waals surface area contributed by atoms with E-state index in [1.165, 1.54) is 0 Å². The predicted molar refractivity (Wildman–Crippen MR) is 61.9 cm³/mol. The van der Waals surface area contributed by atoms with Gasteiger partial charge in [0, 0.05) is 5.56 Å². The number of epoxide rings is 1. The summed E-state index contributed by atoms with van der Waals surface area (Å²) < 4.78 is 43.7. The third-order valence-corrected chi connectivity index (χ3v) is 2.86. The molecule has 0 aromatic heterocycles. The highest BCUT2D eigenvalue weighted by Crippen LogP contribution is 2.51. The van der Waals surface area contributed by atoms with Gasteiger partial charge in [-0.1, -0.05) is 43.4 Å². The van der Waals surface area contributed by atoms with Gasteiger partial charge in [-0.05, 0) is 18.6 Å². The van der Waals surface area contributed by atoms with Crippen LogP contribution in [0, 0.1) is 11.8 Å². The number of halogens is 3. The fourth-order valence-corrected chi connectivity index (χ4v) is 1.83. The summed E-state index contributed by atoms with van der Waals surface area (Å²) in [5, 5.41) is 0. The van der Waals surface area contributed by atoms with Crippen LogP contribution < -0.4 is 0 Å². The predicted octanol–water partition coefficient (Wildman–Crippen LogP) is 3.54. The molecule has 1 aliphatic heterocycles. The van der Waals surface area contributed by atoms with Crippen LogP contribution in [0.15, 0.2) is 30.3 Å². The zero-order valence-electron chi connectivity index (χ0n) is 9.92. The Hall–Kier alpha value is -1.47. The lowest BCUT2D eigenvalue weighted by Crippen LogP contribution is -2.33. The van der Waals surface area contributed by atoms with Gasteiger partial charge in [0.25, 0.3) is 5.60 Å². The molecule has 96 valence electrons. The van der Waals surface area contributed by atoms with E-state index in [1.54, 1.807) is 30.3 Å². The standard InChI is InChI=1S/C14H13F3O/c1-2-6-12-13(18-12,14(15,16)17)10-9-11-7-4-3-5-8-11/h3-5,7-8,12H,2,6H2,1H3/t12-,13+/m1/s1. The van der Waals surface area contributed by atoms with Gasteiger partial charge in [-0.25, -0.2) is 0 Å². The maximum atomic E-state index is 12.9. The van der Waals surface area contributed by atoms with E-state index >= 15 is 0 Å². The van der Waals surface area contributed by atoms with E-state index < -0.39 is 17.9 Å². The maximum absolute atomic E-state index is 12.9. The maximum Gasteiger partial charge on any atom is 0.431 e. The van der Waals surface area contributed by atoms with Gasteiger partial charge in [0.2, 0.25) is 0 Å². The summed E-state index contributed by atoms with van der Waals surface area (Å²) in [4.78, 5) is 0. The van der Waals surface area contributed by atoms with Crippen molar-refractivity contribution in [1.29, 1.82) is 0 Å². The Labute approximate surface area is 104 Å². The first-order valence-corrected chi connectivity index (χ1v) is 5.82. The number of rotatable bonds is 2. The van der Waals surface area contributed by atoms with Crippen molar-refractivity contribution in [2.75, 3.05) is 0 Å². The van der Waals surface area contributed by atoms with Crippen LogP contribution >= 0.6 is 0 Å². The molecule has 0 saturated carbocycles. The Morgan fingerprint density at radius 3 is 2.50 bits per heavy atom. The van der Waals surface area contributed by atoms with Gasteiger partial charge in [0.1, 0.15) is 6.10 Å². The highest BCUT2D eigenvalue weighted by molar-refractivity contribution is 5.40. The minimum absolute atomic E-state index is 0.378. The number of benzene rings is 1. The molecular formula is C14H13F3O. The Morgan fingerprint density at radius 1 is 1.28 bits per heavy atom. The Bertz CT molecular complexity index is 469. The zero-order valence-corrected chi connectivity index (χ0v) is 9.92. The molecule has 0 bridgehead atoms. The summed E-state index contributed by atoms with van der Waals surface area (Å²) >= 11 is 0. The summed E-state index contributed by atoms with van der Waals surface area (Å²) in [5.41, 5.74) is -1.69. The second kappa shape index (κ2) is 4.66. The fraction of sp³-hybridized carbons (Fsp3) is 0.429. The molecule has 18 heavy (non-hydrogen) atoms. The third-order valence-electron chi connectivity index (χ3n) is 2.86. The molecule has 0 N–H and O–H groups in total. The monoisotopic (exact) mass is 254 g/mol. The van der Waals surface area contributed by atoms with Crippen molar-refractivity contribution < 1.29 is 17.9 Å². The van der Waals surface area contributed by atoms with Crippen LogP contribution in [0.4, 0.5) is 13.2 Å². The number of alkyl halides is 3. The molecule has 2 rings (SSSR count). The van der Waals surface area contributed by atoms with Gasteiger partial charge in [-0.2, -0.15) is 13.2 Å². The van der Waals surface area contributed by atoms with E-state index in [-0.39, 0.29) is 0 Å². The Morgan fingerprint density at radius 2 is 1.94 bits per heavy atom. The first-order chi connectivity index (χ1) is 8.49. The van der Waals surface area contributed by atoms with Crippen LogP contribution in [0.1, 0.15) is 25.3 Å². The van der Waals surface area contributed by atoms with Crippen LogP contribution in [0.2, 0.25) is 0 Å². The quantitative estimate of drug-likeness (QED) is 0.581. The van der Waals surface area contributed by atoms with Crippen molar-refractivity contribution in [3.05, 3.63) is 35.9 Å². The van der Waals surface area contributed by atoms with Gasteiger partial charge in [0.15, 0.2) is 0 Å². The third kappa shape index (κ3) is 2.37. The van der Waals surface area contributed by atoms with Crippen molar-refractivity contribution in [3.8, 4) is 11.8 Å². The van der Waals surface area contributed by atoms with E-state index in [1.807, 2.05) is 6.92 Å². The highest BCUT2D eigenvalue weighted by atomic mass is 19.4. The SMILES string of the molecule is CCC[C@H]1O[C@]1(C#Cc1ccccc1)C(F)(F)F. The van der Waals surface area contributed by atoms with Crippen molar-refractivity contribution in [2.45, 2.75) is 37.6 Å². The van der Waals surface area contributed by atoms with Gasteiger partial charge in [0.05, 0.1) is 0 Å². The van der Waals surface area contributed by atoms with Gasteiger partial charge in [-0.15, -0.1) is 0 Å². The second-order valence-electron chi connectivity index (χ2n) is 4.24. The summed E-state index contributed by atoms with van der Waals surface area (Å²) in [6, 6.07) is 8.61. The molecule has 0 radical (unpaired) electrons. The lowest BCUT2D eigenvalue weighted by atomic mass is 10.0. The van der Waals surface area contributed by atoms with Gasteiger partial charge in [-0.3, -0.25) is 0 Å². The average molecular weight is 254 g/mol. The normalized spacial score (nSPS) is 26.3. The molecule has 4 heteroatoms. The van der Waals surface area contributed by atoms with Crippen LogP contribution in [0.5, 0.6) is 0 Å². The summed E-state index contributed by atoms with van der Waals surface area (Å²) in [6.45, 7) is 1.83. The molecule has 1 fully saturated rings. The van der Waals surface area contributed by atoms with E-state index in [2.05, 4.69) is 11.8 Å². The van der Waals surface area contributed by atoms with E-state index in [9.17, 15) is 13.2 Å². The molecule has 1 heterocycles. The largest absolute Gasteiger partial charge is 0.431 e. The molecule has 1 saturated heterocycles. The minimum atomic E-state index is -4.44. The lowest BCUT2D eigenvalue weighted by Gasteiger charge is -2.10. The van der Waals surface area contributed by atoms with Crippen LogP contribution in [-0.2, 0) is 4.74 Å². The first-order valence-electron chi connectivity index (χ1n) is 5.82. The molecule has 0 unspecified atom stereocenters. The highest BCUT2D eigenvalue weighted by Gasteiger charge is 2.72. The fourth-order valence-electron chi connectivity index (χ4n) is 1.83. The summed E-state index contributed by atoms with van der Waals surface area (Å²) in [6.07, 6.45) is -4.23. The molecule has 1 aromatic carbocycles. The van der Waals surface area contributed by atoms with Crippen molar-refractivity contribution in [2.24, 2.45) is 0 Å². The zero-order chi connectivity index (χ0) is 13.2. The summed E-state index contributed by atoms with van der Waals surface area (Å²) in [7, 11) is 0. The van der Waals surface area contributed by atoms with Crippen molar-refractivity contribution in [1.82, 2.24) is 0 Å². The molecular weight excluding hydrogens is 241 g/mol. The number of ether oxygens (including phenoxy) is 1. The van der Waals surface area contributed by atoms with Crippen LogP contribution in [0.25, 0.3) is 0 Å². The smallest absolute Gasteiger partial charge is 0.344 e. The molecule has 1 nitrogen and oxygen atoms in total. The summed E-state index contributed by atoms with van der Waals surface area (Å²) in [5.74, 6) is 4.81. The minimum Gasteiger partial charge on any atom is -0.344 e. The van der Waals surface area contributed by atoms with E-state index in [0.717, 1.165) is 0 Å². The average Bonchev–Trinajstić information content (AvgIpc) is 3.03. The Kier molecular flexibility index (Phi) is 3.36. The topological polar surface area (TPSA) is 12.5 Å². The number of hydrogen-bond donors (Lipinski definition) is 0. The number of hydrogen-bond acceptors (Lipinski definition) is 1. The molecule has 1 aromatic rings. The Balaban J connectivity index is 2.22.